The summed E-state index contributed by atoms with van der Waals surface area (Å²) >= 11 is 0. The highest BCUT2D eigenvalue weighted by Gasteiger charge is 2.15. The molecule has 0 heterocycles. The molecule has 0 fully saturated rings. The number of ether oxygens (including phenoxy) is 1. The molecule has 0 unspecified atom stereocenters. The van der Waals surface area contributed by atoms with Crippen molar-refractivity contribution in [2.45, 2.75) is 0 Å². The second-order valence-corrected chi connectivity index (χ2v) is 6.17. The van der Waals surface area contributed by atoms with E-state index in [2.05, 4.69) is 78.9 Å². The fourth-order valence-corrected chi connectivity index (χ4v) is 3.83. The standard InChI is InChI=1S/C23H16O/c1-24-16-11-12-20-21(14-16)18-9-5-6-10-19(18)22-13-15-7-3-2-4-8-17(15)23(20)22/h2-14H,1H3. The minimum atomic E-state index is 0.897. The number of fused-ring (bicyclic) bond motifs is 8. The van der Waals surface area contributed by atoms with Crippen LogP contribution in [0, 0.1) is 0 Å². The molecule has 2 aliphatic carbocycles. The van der Waals surface area contributed by atoms with Gasteiger partial charge in [-0.2, -0.15) is 0 Å². The maximum absolute atomic E-state index is 5.47. The molecule has 3 aromatic carbocycles. The summed E-state index contributed by atoms with van der Waals surface area (Å²) in [5, 5.41) is 7.76. The summed E-state index contributed by atoms with van der Waals surface area (Å²) in [5.41, 5.74) is 2.58. The Hall–Kier alpha value is -3.06. The lowest BCUT2D eigenvalue weighted by Crippen LogP contribution is -1.85. The Labute approximate surface area is 140 Å². The van der Waals surface area contributed by atoms with Crippen LogP contribution in [0.1, 0.15) is 0 Å². The Balaban J connectivity index is 2.12. The van der Waals surface area contributed by atoms with Gasteiger partial charge < -0.3 is 4.74 Å². The van der Waals surface area contributed by atoms with Crippen molar-refractivity contribution in [2.24, 2.45) is 0 Å². The van der Waals surface area contributed by atoms with Crippen LogP contribution in [-0.2, 0) is 0 Å². The molecule has 3 aromatic rings. The van der Waals surface area contributed by atoms with Gasteiger partial charge in [-0.3, -0.25) is 0 Å². The highest BCUT2D eigenvalue weighted by Crippen LogP contribution is 2.43. The third-order valence-corrected chi connectivity index (χ3v) is 4.91. The quantitative estimate of drug-likeness (QED) is 0.332. The smallest absolute Gasteiger partial charge is 0.119 e. The van der Waals surface area contributed by atoms with Crippen LogP contribution >= 0.6 is 0 Å². The molecule has 2 aliphatic rings. The van der Waals surface area contributed by atoms with Crippen LogP contribution in [0.5, 0.6) is 5.75 Å². The Morgan fingerprint density at radius 3 is 2.17 bits per heavy atom. The van der Waals surface area contributed by atoms with E-state index >= 15 is 0 Å². The predicted molar refractivity (Wildman–Crippen MR) is 102 cm³/mol. The van der Waals surface area contributed by atoms with Crippen molar-refractivity contribution < 1.29 is 4.74 Å². The molecule has 5 rings (SSSR count). The normalized spacial score (nSPS) is 11.5. The van der Waals surface area contributed by atoms with Gasteiger partial charge in [-0.1, -0.05) is 60.7 Å². The zero-order chi connectivity index (χ0) is 16.1. The van der Waals surface area contributed by atoms with Crippen LogP contribution in [0.4, 0.5) is 0 Å². The van der Waals surface area contributed by atoms with E-state index in [9.17, 15) is 0 Å². The molecule has 1 nitrogen and oxygen atoms in total. The molecular formula is C23H16O. The van der Waals surface area contributed by atoms with E-state index in [1.807, 2.05) is 0 Å². The predicted octanol–water partition coefficient (Wildman–Crippen LogP) is 6.26. The average molecular weight is 308 g/mol. The van der Waals surface area contributed by atoms with Crippen LogP contribution in [0.3, 0.4) is 0 Å². The van der Waals surface area contributed by atoms with Gasteiger partial charge in [0.25, 0.3) is 0 Å². The van der Waals surface area contributed by atoms with Gasteiger partial charge in [-0.25, -0.2) is 0 Å². The molecule has 0 aromatic heterocycles. The molecular weight excluding hydrogens is 292 g/mol. The first kappa shape index (κ1) is 13.4. The van der Waals surface area contributed by atoms with Crippen LogP contribution in [0.2, 0.25) is 0 Å². The Morgan fingerprint density at radius 1 is 0.583 bits per heavy atom. The van der Waals surface area contributed by atoms with Crippen LogP contribution in [-0.4, -0.2) is 7.11 Å². The molecule has 0 radical (unpaired) electrons. The summed E-state index contributed by atoms with van der Waals surface area (Å²) in [5.74, 6) is 0.897. The van der Waals surface area contributed by atoms with Crippen molar-refractivity contribution in [3.05, 3.63) is 78.9 Å². The first-order valence-electron chi connectivity index (χ1n) is 8.17. The molecule has 0 spiro atoms. The lowest BCUT2D eigenvalue weighted by Gasteiger charge is -2.10. The fraction of sp³-hybridized carbons (Fsp3) is 0.0435. The Kier molecular flexibility index (Phi) is 2.77. The second-order valence-electron chi connectivity index (χ2n) is 6.17. The molecule has 0 saturated carbocycles. The number of methoxy groups -OCH3 is 1. The zero-order valence-corrected chi connectivity index (χ0v) is 13.4. The van der Waals surface area contributed by atoms with Gasteiger partial charge >= 0.3 is 0 Å². The van der Waals surface area contributed by atoms with E-state index in [1.54, 1.807) is 7.11 Å². The molecule has 24 heavy (non-hydrogen) atoms. The maximum Gasteiger partial charge on any atom is 0.119 e. The van der Waals surface area contributed by atoms with Crippen molar-refractivity contribution in [2.75, 3.05) is 7.11 Å². The lowest BCUT2D eigenvalue weighted by atomic mass is 9.95. The van der Waals surface area contributed by atoms with E-state index < -0.39 is 0 Å². The fourth-order valence-electron chi connectivity index (χ4n) is 3.83. The topological polar surface area (TPSA) is 9.23 Å². The zero-order valence-electron chi connectivity index (χ0n) is 13.4. The molecule has 0 N–H and O–H groups in total. The summed E-state index contributed by atoms with van der Waals surface area (Å²) in [4.78, 5) is 0. The number of rotatable bonds is 1. The average Bonchev–Trinajstić information content (AvgIpc) is 2.84. The molecule has 0 amide bonds. The molecule has 0 aliphatic heterocycles. The van der Waals surface area contributed by atoms with Crippen molar-refractivity contribution >= 4 is 32.3 Å². The third kappa shape index (κ3) is 1.75. The SMILES string of the molecule is COc1ccc2c(c1)c1ccccc1c1cc3cccccc-3c21. The summed E-state index contributed by atoms with van der Waals surface area (Å²) in [6, 6.07) is 28.1. The first-order valence-corrected chi connectivity index (χ1v) is 8.17. The maximum atomic E-state index is 5.47. The van der Waals surface area contributed by atoms with Gasteiger partial charge in [0, 0.05) is 0 Å². The van der Waals surface area contributed by atoms with Crippen LogP contribution in [0.25, 0.3) is 43.4 Å². The van der Waals surface area contributed by atoms with Crippen LogP contribution in [0.15, 0.2) is 78.9 Å². The molecule has 1 heteroatoms. The van der Waals surface area contributed by atoms with Crippen molar-refractivity contribution in [3.8, 4) is 16.9 Å². The summed E-state index contributed by atoms with van der Waals surface area (Å²) in [6.45, 7) is 0. The number of hydrogen-bond donors (Lipinski definition) is 0. The minimum absolute atomic E-state index is 0.897. The molecule has 0 atom stereocenters. The summed E-state index contributed by atoms with van der Waals surface area (Å²) < 4.78 is 5.47. The van der Waals surface area contributed by atoms with Gasteiger partial charge in [-0.05, 0) is 61.6 Å². The van der Waals surface area contributed by atoms with E-state index in [0.717, 1.165) is 5.75 Å². The van der Waals surface area contributed by atoms with E-state index in [0.29, 0.717) is 0 Å². The Morgan fingerprint density at radius 2 is 1.33 bits per heavy atom. The third-order valence-electron chi connectivity index (χ3n) is 4.91. The van der Waals surface area contributed by atoms with Gasteiger partial charge in [0.15, 0.2) is 0 Å². The van der Waals surface area contributed by atoms with Gasteiger partial charge in [0.1, 0.15) is 5.75 Å². The molecule has 0 bridgehead atoms. The van der Waals surface area contributed by atoms with E-state index in [1.165, 1.54) is 43.4 Å². The van der Waals surface area contributed by atoms with Gasteiger partial charge in [0.05, 0.1) is 7.11 Å². The molecule has 114 valence electrons. The highest BCUT2D eigenvalue weighted by molar-refractivity contribution is 6.30. The van der Waals surface area contributed by atoms with Gasteiger partial charge in [0.2, 0.25) is 0 Å². The first-order chi connectivity index (χ1) is 11.9. The summed E-state index contributed by atoms with van der Waals surface area (Å²) in [7, 11) is 1.72. The Bertz CT molecular complexity index is 1190. The highest BCUT2D eigenvalue weighted by atomic mass is 16.5. The lowest BCUT2D eigenvalue weighted by molar-refractivity contribution is 0.415. The monoisotopic (exact) mass is 308 g/mol. The second kappa shape index (κ2) is 4.97. The van der Waals surface area contributed by atoms with E-state index in [4.69, 9.17) is 4.74 Å². The van der Waals surface area contributed by atoms with Crippen LogP contribution < -0.4 is 4.74 Å². The minimum Gasteiger partial charge on any atom is -0.497 e. The van der Waals surface area contributed by atoms with Crippen molar-refractivity contribution in [1.82, 2.24) is 0 Å². The van der Waals surface area contributed by atoms with E-state index in [-0.39, 0.29) is 0 Å². The molecule has 0 saturated heterocycles. The summed E-state index contributed by atoms with van der Waals surface area (Å²) in [6.07, 6.45) is 0. The number of hydrogen-bond acceptors (Lipinski definition) is 1. The number of benzene rings is 3. The van der Waals surface area contributed by atoms with Gasteiger partial charge in [-0.15, -0.1) is 0 Å². The van der Waals surface area contributed by atoms with Crippen molar-refractivity contribution in [3.63, 3.8) is 0 Å². The van der Waals surface area contributed by atoms with Crippen molar-refractivity contribution in [1.29, 1.82) is 0 Å². The largest absolute Gasteiger partial charge is 0.497 e.